The molecule has 1 fully saturated rings. The molecule has 6 rings (SSSR count). The van der Waals surface area contributed by atoms with Crippen molar-refractivity contribution in [2.45, 2.75) is 31.3 Å². The predicted molar refractivity (Wildman–Crippen MR) is 156 cm³/mol. The zero-order valence-corrected chi connectivity index (χ0v) is 24.0. The lowest BCUT2D eigenvalue weighted by molar-refractivity contribution is -0.00888. The van der Waals surface area contributed by atoms with E-state index in [0.29, 0.717) is 17.4 Å². The monoisotopic (exact) mass is 562 g/mol. The lowest BCUT2D eigenvalue weighted by atomic mass is 9.83. The van der Waals surface area contributed by atoms with E-state index in [4.69, 9.17) is 14.6 Å². The average Bonchev–Trinajstić information content (AvgIpc) is 3.37. The molecule has 2 aromatic carbocycles. The van der Waals surface area contributed by atoms with Gasteiger partial charge in [0.15, 0.2) is 0 Å². The molecule has 10 nitrogen and oxygen atoms in total. The van der Waals surface area contributed by atoms with E-state index in [-0.39, 0.29) is 5.60 Å². The highest BCUT2D eigenvalue weighted by Crippen LogP contribution is 2.43. The summed E-state index contributed by atoms with van der Waals surface area (Å²) in [5.41, 5.74) is 4.64. The van der Waals surface area contributed by atoms with Gasteiger partial charge in [-0.1, -0.05) is 18.2 Å². The average molecular weight is 563 g/mol. The zero-order chi connectivity index (χ0) is 28.1. The van der Waals surface area contributed by atoms with Crippen LogP contribution in [0.2, 0.25) is 0 Å². The first-order valence-electron chi connectivity index (χ1n) is 13.4. The van der Waals surface area contributed by atoms with Gasteiger partial charge in [0.1, 0.15) is 17.1 Å². The highest BCUT2D eigenvalue weighted by Gasteiger charge is 2.39. The third-order valence-electron chi connectivity index (χ3n) is 8.12. The summed E-state index contributed by atoms with van der Waals surface area (Å²) in [7, 11) is 1.91. The highest BCUT2D eigenvalue weighted by atomic mass is 32.2. The van der Waals surface area contributed by atoms with E-state index in [1.807, 2.05) is 36.4 Å². The number of methoxy groups -OCH3 is 1. The first kappa shape index (κ1) is 26.4. The second-order valence-corrected chi connectivity index (χ2v) is 12.8. The molecule has 2 aromatic heterocycles. The van der Waals surface area contributed by atoms with E-state index in [1.54, 1.807) is 30.9 Å². The van der Waals surface area contributed by atoms with E-state index in [1.165, 1.54) is 10.6 Å². The van der Waals surface area contributed by atoms with Crippen molar-refractivity contribution >= 4 is 32.9 Å². The van der Waals surface area contributed by atoms with Crippen LogP contribution < -0.4 is 19.1 Å². The number of aromatic nitrogens is 3. The number of piperidine rings is 1. The Labute approximate surface area is 234 Å². The maximum atomic E-state index is 12.3. The summed E-state index contributed by atoms with van der Waals surface area (Å²) in [4.78, 5) is 6.88. The normalized spacial score (nSPS) is 16.9. The molecule has 40 heavy (non-hydrogen) atoms. The van der Waals surface area contributed by atoms with Crippen LogP contribution in [0, 0.1) is 0 Å². The Bertz CT molecular complexity index is 1680. The number of anilines is 3. The van der Waals surface area contributed by atoms with Gasteiger partial charge in [-0.25, -0.2) is 17.9 Å². The molecule has 2 aliphatic rings. The Morgan fingerprint density at radius 1 is 1.10 bits per heavy atom. The number of likely N-dealkylation sites (tertiary alicyclic amines) is 1. The van der Waals surface area contributed by atoms with Crippen LogP contribution in [-0.4, -0.2) is 74.1 Å². The van der Waals surface area contributed by atoms with Gasteiger partial charge in [0, 0.05) is 31.8 Å². The summed E-state index contributed by atoms with van der Waals surface area (Å²) in [6.45, 7) is 2.09. The lowest BCUT2D eigenvalue weighted by Gasteiger charge is -2.44. The van der Waals surface area contributed by atoms with Crippen LogP contribution >= 0.6 is 0 Å². The minimum Gasteiger partial charge on any atom is -0.494 e. The topological polar surface area (TPSA) is 101 Å². The molecule has 0 bridgehead atoms. The first-order valence-corrected chi connectivity index (χ1v) is 15.2. The van der Waals surface area contributed by atoms with Crippen LogP contribution in [0.4, 0.5) is 17.3 Å². The number of nitrogens with zero attached hydrogens (tertiary/aromatic N) is 5. The van der Waals surface area contributed by atoms with Crippen LogP contribution in [0.5, 0.6) is 11.5 Å². The van der Waals surface area contributed by atoms with E-state index in [9.17, 15) is 8.42 Å². The Kier molecular flexibility index (Phi) is 6.58. The number of aryl methyl sites for hydroxylation is 1. The molecule has 0 saturated carbocycles. The second-order valence-electron chi connectivity index (χ2n) is 10.8. The molecule has 210 valence electrons. The minimum absolute atomic E-state index is 0.0973. The van der Waals surface area contributed by atoms with Gasteiger partial charge in [-0.15, -0.1) is 5.10 Å². The number of nitrogens with one attached hydrogen (secondary N) is 1. The number of fused-ring (bicyclic) bond motifs is 2. The zero-order valence-electron chi connectivity index (χ0n) is 23.2. The highest BCUT2D eigenvalue weighted by molar-refractivity contribution is 7.92. The summed E-state index contributed by atoms with van der Waals surface area (Å²) >= 11 is 0. The van der Waals surface area contributed by atoms with Crippen molar-refractivity contribution < 1.29 is 17.9 Å². The summed E-state index contributed by atoms with van der Waals surface area (Å²) in [6.07, 6.45) is 6.91. The smallest absolute Gasteiger partial charge is 0.245 e. The van der Waals surface area contributed by atoms with Crippen molar-refractivity contribution in [1.82, 2.24) is 19.5 Å². The van der Waals surface area contributed by atoms with E-state index < -0.39 is 10.0 Å². The molecule has 2 aliphatic heterocycles. The van der Waals surface area contributed by atoms with E-state index in [0.717, 1.165) is 72.5 Å². The molecule has 0 aliphatic carbocycles. The van der Waals surface area contributed by atoms with Crippen molar-refractivity contribution in [3.63, 3.8) is 0 Å². The van der Waals surface area contributed by atoms with E-state index >= 15 is 0 Å². The Hall–Kier alpha value is -3.83. The molecule has 0 atom stereocenters. The number of sulfonamides is 1. The number of para-hydroxylation sites is 1. The van der Waals surface area contributed by atoms with Crippen molar-refractivity contribution in [1.29, 1.82) is 0 Å². The SMILES string of the molecule is COc1cc2c(cc1Nc1ncc3ccc(-c4ccccc4N(C)S(C)(=O)=O)n3n1)CCC1(CCN(C)CC1)O2. The third kappa shape index (κ3) is 4.84. The molecular formula is C29H34N6O4S. The summed E-state index contributed by atoms with van der Waals surface area (Å²) in [5, 5.41) is 8.10. The molecular weight excluding hydrogens is 528 g/mol. The molecule has 0 radical (unpaired) electrons. The fraction of sp³-hybridized carbons (Fsp3) is 0.379. The molecule has 4 heterocycles. The molecule has 4 aromatic rings. The van der Waals surface area contributed by atoms with Gasteiger partial charge in [-0.3, -0.25) is 4.31 Å². The lowest BCUT2D eigenvalue weighted by Crippen LogP contribution is -2.48. The van der Waals surface area contributed by atoms with Gasteiger partial charge < -0.3 is 19.7 Å². The van der Waals surface area contributed by atoms with Crippen LogP contribution in [0.15, 0.2) is 54.7 Å². The predicted octanol–water partition coefficient (Wildman–Crippen LogP) is 4.33. The molecule has 0 unspecified atom stereocenters. The van der Waals surface area contributed by atoms with Gasteiger partial charge in [0.2, 0.25) is 16.0 Å². The molecule has 1 N–H and O–H groups in total. The standard InChI is InChI=1S/C29H34N6O4S/c1-33-15-13-29(14-16-33)12-11-20-17-23(27(38-3)18-26(20)39-29)31-28-30-19-21-9-10-25(35(21)32-28)22-7-5-6-8-24(22)34(2)40(4,36)37/h5-10,17-19H,11-16H2,1-4H3,(H,31,32). The fourth-order valence-corrected chi connectivity index (χ4v) is 6.13. The van der Waals surface area contributed by atoms with Gasteiger partial charge in [0.25, 0.3) is 0 Å². The molecule has 11 heteroatoms. The summed E-state index contributed by atoms with van der Waals surface area (Å²) in [5.74, 6) is 1.93. The van der Waals surface area contributed by atoms with Crippen molar-refractivity contribution in [2.24, 2.45) is 0 Å². The van der Waals surface area contributed by atoms with Crippen LogP contribution in [0.25, 0.3) is 16.8 Å². The maximum absolute atomic E-state index is 12.3. The number of benzene rings is 2. The largest absolute Gasteiger partial charge is 0.494 e. The van der Waals surface area contributed by atoms with Crippen LogP contribution in [0.3, 0.4) is 0 Å². The number of rotatable bonds is 6. The van der Waals surface area contributed by atoms with E-state index in [2.05, 4.69) is 28.3 Å². The van der Waals surface area contributed by atoms with Crippen molar-refractivity contribution in [2.75, 3.05) is 50.2 Å². The summed E-state index contributed by atoms with van der Waals surface area (Å²) in [6, 6.07) is 15.2. The number of hydrogen-bond donors (Lipinski definition) is 1. The fourth-order valence-electron chi connectivity index (χ4n) is 5.61. The Morgan fingerprint density at radius 3 is 2.62 bits per heavy atom. The number of hydrogen-bond acceptors (Lipinski definition) is 8. The molecule has 1 spiro atoms. The third-order valence-corrected chi connectivity index (χ3v) is 9.31. The second kappa shape index (κ2) is 9.97. The quantitative estimate of drug-likeness (QED) is 0.371. The molecule has 0 amide bonds. The van der Waals surface area contributed by atoms with Gasteiger partial charge in [-0.05, 0) is 62.6 Å². The maximum Gasteiger partial charge on any atom is 0.245 e. The van der Waals surface area contributed by atoms with Gasteiger partial charge in [0.05, 0.1) is 42.1 Å². The van der Waals surface area contributed by atoms with Crippen molar-refractivity contribution in [3.05, 3.63) is 60.3 Å². The van der Waals surface area contributed by atoms with Crippen molar-refractivity contribution in [3.8, 4) is 22.8 Å². The van der Waals surface area contributed by atoms with Gasteiger partial charge in [-0.2, -0.15) is 0 Å². The minimum atomic E-state index is -3.45. The summed E-state index contributed by atoms with van der Waals surface area (Å²) < 4.78 is 40.0. The number of ether oxygens (including phenoxy) is 2. The molecule has 1 saturated heterocycles. The first-order chi connectivity index (χ1) is 19.2. The van der Waals surface area contributed by atoms with Gasteiger partial charge >= 0.3 is 0 Å². The van der Waals surface area contributed by atoms with Crippen LogP contribution in [-0.2, 0) is 16.4 Å². The van der Waals surface area contributed by atoms with Crippen LogP contribution in [0.1, 0.15) is 24.8 Å². The Balaban J connectivity index is 1.32. The Morgan fingerprint density at radius 2 is 1.88 bits per heavy atom.